The second-order valence-corrected chi connectivity index (χ2v) is 3.58. The van der Waals surface area contributed by atoms with Crippen LogP contribution in [0.4, 0.5) is 4.39 Å². The van der Waals surface area contributed by atoms with Gasteiger partial charge in [-0.2, -0.15) is 0 Å². The molecular weight excluding hydrogens is 179 g/mol. The first kappa shape index (κ1) is 9.35. The van der Waals surface area contributed by atoms with Crippen molar-refractivity contribution in [2.75, 3.05) is 7.11 Å². The smallest absolute Gasteiger partial charge is 0.191 e. The van der Waals surface area contributed by atoms with Gasteiger partial charge >= 0.3 is 0 Å². The highest BCUT2D eigenvalue weighted by Gasteiger charge is 2.08. The van der Waals surface area contributed by atoms with Crippen molar-refractivity contribution < 1.29 is 12.8 Å². The molecule has 0 radical (unpaired) electrons. The van der Waals surface area contributed by atoms with Crippen molar-refractivity contribution >= 4 is 11.1 Å². The van der Waals surface area contributed by atoms with E-state index in [4.69, 9.17) is 0 Å². The van der Waals surface area contributed by atoms with Gasteiger partial charge in [0.05, 0.1) is 7.11 Å². The Morgan fingerprint density at radius 1 is 1.50 bits per heavy atom. The van der Waals surface area contributed by atoms with Crippen molar-refractivity contribution in [2.45, 2.75) is 11.8 Å². The standard InChI is InChI=1S/C8H9FO2S/c1-6-3-4-8(7(9)5-6)12(10)11-2/h3-5H,1-2H3. The lowest BCUT2D eigenvalue weighted by atomic mass is 10.2. The Kier molecular flexibility index (Phi) is 2.94. The molecule has 0 aliphatic carbocycles. The van der Waals surface area contributed by atoms with Gasteiger partial charge in [-0.1, -0.05) is 6.07 Å². The van der Waals surface area contributed by atoms with Gasteiger partial charge in [0.15, 0.2) is 11.1 Å². The van der Waals surface area contributed by atoms with E-state index in [-0.39, 0.29) is 4.90 Å². The number of benzene rings is 1. The quantitative estimate of drug-likeness (QED) is 0.707. The van der Waals surface area contributed by atoms with Gasteiger partial charge in [-0.25, -0.2) is 8.60 Å². The maximum absolute atomic E-state index is 13.0. The molecule has 0 saturated heterocycles. The second-order valence-electron chi connectivity index (χ2n) is 2.34. The molecule has 1 unspecified atom stereocenters. The van der Waals surface area contributed by atoms with Crippen molar-refractivity contribution in [3.63, 3.8) is 0 Å². The molecule has 66 valence electrons. The van der Waals surface area contributed by atoms with Crippen LogP contribution in [0.1, 0.15) is 5.56 Å². The Hall–Kier alpha value is -0.740. The zero-order valence-electron chi connectivity index (χ0n) is 6.83. The highest BCUT2D eigenvalue weighted by molar-refractivity contribution is 7.80. The minimum atomic E-state index is -1.69. The minimum Gasteiger partial charge on any atom is -0.290 e. The van der Waals surface area contributed by atoms with Crippen molar-refractivity contribution in [1.29, 1.82) is 0 Å². The molecule has 1 rings (SSSR count). The van der Waals surface area contributed by atoms with Crippen molar-refractivity contribution in [2.24, 2.45) is 0 Å². The summed E-state index contributed by atoms with van der Waals surface area (Å²) in [6.07, 6.45) is 0. The maximum Gasteiger partial charge on any atom is 0.191 e. The van der Waals surface area contributed by atoms with E-state index < -0.39 is 16.9 Å². The number of aryl methyl sites for hydroxylation is 1. The number of rotatable bonds is 2. The topological polar surface area (TPSA) is 26.3 Å². The molecule has 0 aliphatic heterocycles. The maximum atomic E-state index is 13.0. The lowest BCUT2D eigenvalue weighted by molar-refractivity contribution is 0.441. The van der Waals surface area contributed by atoms with Crippen molar-refractivity contribution in [3.05, 3.63) is 29.6 Å². The van der Waals surface area contributed by atoms with E-state index in [0.29, 0.717) is 0 Å². The van der Waals surface area contributed by atoms with Gasteiger partial charge in [0.25, 0.3) is 0 Å². The SMILES string of the molecule is COS(=O)c1ccc(C)cc1F. The van der Waals surface area contributed by atoms with E-state index in [9.17, 15) is 8.60 Å². The minimum absolute atomic E-state index is 0.0862. The van der Waals surface area contributed by atoms with E-state index in [1.165, 1.54) is 19.2 Å². The van der Waals surface area contributed by atoms with E-state index in [1.807, 2.05) is 0 Å². The summed E-state index contributed by atoms with van der Waals surface area (Å²) in [6, 6.07) is 4.48. The fourth-order valence-electron chi connectivity index (χ4n) is 0.831. The van der Waals surface area contributed by atoms with Crippen LogP contribution in [0.2, 0.25) is 0 Å². The molecule has 1 atom stereocenters. The van der Waals surface area contributed by atoms with Crippen LogP contribution in [0.25, 0.3) is 0 Å². The van der Waals surface area contributed by atoms with Crippen LogP contribution in [0.5, 0.6) is 0 Å². The predicted molar refractivity (Wildman–Crippen MR) is 44.6 cm³/mol. The summed E-state index contributed by atoms with van der Waals surface area (Å²) in [4.78, 5) is 0.0862. The van der Waals surface area contributed by atoms with Crippen LogP contribution in [0.3, 0.4) is 0 Å². The molecule has 0 aliphatic rings. The monoisotopic (exact) mass is 188 g/mol. The number of hydrogen-bond donors (Lipinski definition) is 0. The Bertz CT molecular complexity index is 312. The van der Waals surface area contributed by atoms with E-state index in [1.54, 1.807) is 13.0 Å². The molecule has 0 aromatic heterocycles. The molecule has 0 saturated carbocycles. The summed E-state index contributed by atoms with van der Waals surface area (Å²) in [6.45, 7) is 1.77. The molecule has 4 heteroatoms. The van der Waals surface area contributed by atoms with Gasteiger partial charge < -0.3 is 0 Å². The van der Waals surface area contributed by atoms with E-state index in [0.717, 1.165) is 5.56 Å². The van der Waals surface area contributed by atoms with E-state index >= 15 is 0 Å². The van der Waals surface area contributed by atoms with Crippen LogP contribution in [0, 0.1) is 12.7 Å². The zero-order chi connectivity index (χ0) is 9.14. The third-order valence-electron chi connectivity index (χ3n) is 1.42. The average molecular weight is 188 g/mol. The largest absolute Gasteiger partial charge is 0.290 e. The Labute approximate surface area is 73.0 Å². The molecule has 0 N–H and O–H groups in total. The van der Waals surface area contributed by atoms with Crippen LogP contribution < -0.4 is 0 Å². The third-order valence-corrected chi connectivity index (χ3v) is 2.41. The van der Waals surface area contributed by atoms with Crippen LogP contribution in [-0.2, 0) is 15.3 Å². The average Bonchev–Trinajstić information content (AvgIpc) is 2.03. The predicted octanol–water partition coefficient (Wildman–Crippen LogP) is 1.80. The fraction of sp³-hybridized carbons (Fsp3) is 0.250. The van der Waals surface area contributed by atoms with Gasteiger partial charge in [0.1, 0.15) is 10.7 Å². The normalized spacial score (nSPS) is 12.9. The second kappa shape index (κ2) is 3.78. The van der Waals surface area contributed by atoms with Crippen LogP contribution in [-0.4, -0.2) is 11.3 Å². The number of hydrogen-bond acceptors (Lipinski definition) is 2. The van der Waals surface area contributed by atoms with Gasteiger partial charge in [-0.3, -0.25) is 4.18 Å². The first-order valence-electron chi connectivity index (χ1n) is 3.37. The molecule has 0 spiro atoms. The summed E-state index contributed by atoms with van der Waals surface area (Å²) < 4.78 is 28.5. The number of halogens is 1. The zero-order valence-corrected chi connectivity index (χ0v) is 7.65. The van der Waals surface area contributed by atoms with Gasteiger partial charge in [0, 0.05) is 0 Å². The molecule has 1 aromatic carbocycles. The highest BCUT2D eigenvalue weighted by Crippen LogP contribution is 2.13. The Balaban J connectivity index is 3.09. The summed E-state index contributed by atoms with van der Waals surface area (Å²) in [7, 11) is 1.27. The van der Waals surface area contributed by atoms with Gasteiger partial charge in [-0.05, 0) is 24.6 Å². The molecule has 1 aromatic rings. The first-order chi connectivity index (χ1) is 5.65. The van der Waals surface area contributed by atoms with Gasteiger partial charge in [-0.15, -0.1) is 0 Å². The summed E-state index contributed by atoms with van der Waals surface area (Å²) in [5.41, 5.74) is 0.796. The summed E-state index contributed by atoms with van der Waals surface area (Å²) in [5, 5.41) is 0. The summed E-state index contributed by atoms with van der Waals surface area (Å²) >= 11 is -1.69. The molecule has 12 heavy (non-hydrogen) atoms. The first-order valence-corrected chi connectivity index (χ1v) is 4.45. The van der Waals surface area contributed by atoms with E-state index in [2.05, 4.69) is 4.18 Å². The Morgan fingerprint density at radius 2 is 2.17 bits per heavy atom. The van der Waals surface area contributed by atoms with Crippen molar-refractivity contribution in [3.8, 4) is 0 Å². The van der Waals surface area contributed by atoms with Crippen LogP contribution >= 0.6 is 0 Å². The molecular formula is C8H9FO2S. The molecule has 0 bridgehead atoms. The van der Waals surface area contributed by atoms with Crippen molar-refractivity contribution in [1.82, 2.24) is 0 Å². The molecule has 0 heterocycles. The van der Waals surface area contributed by atoms with Gasteiger partial charge in [0.2, 0.25) is 0 Å². The molecule has 0 fully saturated rings. The Morgan fingerprint density at radius 3 is 2.67 bits per heavy atom. The fourth-order valence-corrected chi connectivity index (χ4v) is 1.41. The summed E-state index contributed by atoms with van der Waals surface area (Å²) in [5.74, 6) is -0.491. The van der Waals surface area contributed by atoms with Crippen LogP contribution in [0.15, 0.2) is 23.1 Å². The highest BCUT2D eigenvalue weighted by atomic mass is 32.2. The lowest BCUT2D eigenvalue weighted by Crippen LogP contribution is -1.96. The molecule has 0 amide bonds. The lowest BCUT2D eigenvalue weighted by Gasteiger charge is -2.00. The third kappa shape index (κ3) is 1.89. The molecule has 2 nitrogen and oxygen atoms in total.